The van der Waals surface area contributed by atoms with Crippen LogP contribution in [0.2, 0.25) is 0 Å². The molecule has 1 unspecified atom stereocenters. The SMILES string of the molecule is CS(=O)(=O)NCC(c1ccccc1F)N1CCCC1. The Bertz CT molecular complexity index is 527. The molecule has 1 heterocycles. The zero-order valence-corrected chi connectivity index (χ0v) is 11.8. The van der Waals surface area contributed by atoms with Gasteiger partial charge in [-0.2, -0.15) is 0 Å². The van der Waals surface area contributed by atoms with E-state index >= 15 is 0 Å². The van der Waals surface area contributed by atoms with E-state index in [4.69, 9.17) is 0 Å². The Morgan fingerprint density at radius 3 is 2.53 bits per heavy atom. The highest BCUT2D eigenvalue weighted by Crippen LogP contribution is 2.26. The largest absolute Gasteiger partial charge is 0.295 e. The van der Waals surface area contributed by atoms with E-state index in [1.54, 1.807) is 18.2 Å². The van der Waals surface area contributed by atoms with Gasteiger partial charge in [0.25, 0.3) is 0 Å². The maximum atomic E-state index is 13.9. The fraction of sp³-hybridized carbons (Fsp3) is 0.538. The Kier molecular flexibility index (Phi) is 4.54. The van der Waals surface area contributed by atoms with Crippen LogP contribution in [0.5, 0.6) is 0 Å². The summed E-state index contributed by atoms with van der Waals surface area (Å²) in [5, 5.41) is 0. The van der Waals surface area contributed by atoms with Crippen LogP contribution in [-0.4, -0.2) is 39.2 Å². The van der Waals surface area contributed by atoms with E-state index in [0.29, 0.717) is 5.56 Å². The first kappa shape index (κ1) is 14.4. The van der Waals surface area contributed by atoms with Crippen LogP contribution >= 0.6 is 0 Å². The smallest absolute Gasteiger partial charge is 0.208 e. The van der Waals surface area contributed by atoms with Crippen molar-refractivity contribution in [3.05, 3.63) is 35.6 Å². The number of rotatable bonds is 5. The predicted molar refractivity (Wildman–Crippen MR) is 72.8 cm³/mol. The second-order valence-corrected chi connectivity index (χ2v) is 6.73. The lowest BCUT2D eigenvalue weighted by Gasteiger charge is -2.28. The number of nitrogens with zero attached hydrogens (tertiary/aromatic N) is 1. The maximum absolute atomic E-state index is 13.9. The normalized spacial score (nSPS) is 18.6. The summed E-state index contributed by atoms with van der Waals surface area (Å²) in [6.07, 6.45) is 3.27. The van der Waals surface area contributed by atoms with Crippen molar-refractivity contribution in [2.45, 2.75) is 18.9 Å². The van der Waals surface area contributed by atoms with Gasteiger partial charge < -0.3 is 0 Å². The van der Waals surface area contributed by atoms with Gasteiger partial charge in [-0.05, 0) is 32.0 Å². The minimum Gasteiger partial charge on any atom is -0.295 e. The van der Waals surface area contributed by atoms with E-state index in [9.17, 15) is 12.8 Å². The number of halogens is 1. The van der Waals surface area contributed by atoms with E-state index in [2.05, 4.69) is 9.62 Å². The molecule has 1 aliphatic rings. The fourth-order valence-corrected chi connectivity index (χ4v) is 2.93. The molecular formula is C13H19FN2O2S. The molecular weight excluding hydrogens is 267 g/mol. The summed E-state index contributed by atoms with van der Waals surface area (Å²) >= 11 is 0. The molecule has 0 aromatic heterocycles. The van der Waals surface area contributed by atoms with Gasteiger partial charge in [-0.15, -0.1) is 0 Å². The zero-order valence-electron chi connectivity index (χ0n) is 11.0. The molecule has 1 N–H and O–H groups in total. The minimum atomic E-state index is -3.27. The van der Waals surface area contributed by atoms with Crippen molar-refractivity contribution in [1.29, 1.82) is 0 Å². The molecule has 0 aliphatic carbocycles. The van der Waals surface area contributed by atoms with Crippen LogP contribution in [0.3, 0.4) is 0 Å². The van der Waals surface area contributed by atoms with Crippen LogP contribution in [0, 0.1) is 5.82 Å². The van der Waals surface area contributed by atoms with Gasteiger partial charge in [-0.25, -0.2) is 17.5 Å². The molecule has 1 saturated heterocycles. The van der Waals surface area contributed by atoms with E-state index in [0.717, 1.165) is 32.2 Å². The highest BCUT2D eigenvalue weighted by atomic mass is 32.2. The number of hydrogen-bond acceptors (Lipinski definition) is 3. The molecule has 106 valence electrons. The fourth-order valence-electron chi connectivity index (χ4n) is 2.46. The van der Waals surface area contributed by atoms with Crippen LogP contribution in [0.25, 0.3) is 0 Å². The Morgan fingerprint density at radius 2 is 1.95 bits per heavy atom. The lowest BCUT2D eigenvalue weighted by atomic mass is 10.1. The van der Waals surface area contributed by atoms with Gasteiger partial charge >= 0.3 is 0 Å². The molecule has 19 heavy (non-hydrogen) atoms. The second-order valence-electron chi connectivity index (χ2n) is 4.90. The number of hydrogen-bond donors (Lipinski definition) is 1. The van der Waals surface area contributed by atoms with Crippen molar-refractivity contribution >= 4 is 10.0 Å². The summed E-state index contributed by atoms with van der Waals surface area (Å²) in [4.78, 5) is 2.14. The monoisotopic (exact) mass is 286 g/mol. The Hall–Kier alpha value is -0.980. The average Bonchev–Trinajstić information content (AvgIpc) is 2.84. The Labute approximate surface area is 113 Å². The topological polar surface area (TPSA) is 49.4 Å². The molecule has 0 amide bonds. The van der Waals surface area contributed by atoms with Gasteiger partial charge in [0.2, 0.25) is 10.0 Å². The van der Waals surface area contributed by atoms with Gasteiger partial charge in [0.05, 0.1) is 12.3 Å². The first-order valence-electron chi connectivity index (χ1n) is 6.40. The molecule has 1 aromatic rings. The molecule has 1 aliphatic heterocycles. The van der Waals surface area contributed by atoms with Crippen molar-refractivity contribution in [3.63, 3.8) is 0 Å². The van der Waals surface area contributed by atoms with E-state index in [1.165, 1.54) is 6.07 Å². The summed E-state index contributed by atoms with van der Waals surface area (Å²) < 4.78 is 38.9. The Balaban J connectivity index is 2.21. The third-order valence-corrected chi connectivity index (χ3v) is 4.08. The molecule has 4 nitrogen and oxygen atoms in total. The van der Waals surface area contributed by atoms with Gasteiger partial charge in [0, 0.05) is 12.1 Å². The van der Waals surface area contributed by atoms with Crippen LogP contribution < -0.4 is 4.72 Å². The highest BCUT2D eigenvalue weighted by molar-refractivity contribution is 7.88. The van der Waals surface area contributed by atoms with Crippen molar-refractivity contribution in [2.24, 2.45) is 0 Å². The molecule has 0 radical (unpaired) electrons. The van der Waals surface area contributed by atoms with Crippen molar-refractivity contribution in [1.82, 2.24) is 9.62 Å². The van der Waals surface area contributed by atoms with Crippen LogP contribution in [0.15, 0.2) is 24.3 Å². The first-order chi connectivity index (χ1) is 8.97. The number of sulfonamides is 1. The van der Waals surface area contributed by atoms with Crippen LogP contribution in [0.1, 0.15) is 24.4 Å². The molecule has 1 fully saturated rings. The van der Waals surface area contributed by atoms with Crippen LogP contribution in [0.4, 0.5) is 4.39 Å². The third kappa shape index (κ3) is 3.99. The third-order valence-electron chi connectivity index (χ3n) is 3.38. The molecule has 6 heteroatoms. The summed E-state index contributed by atoms with van der Waals surface area (Å²) in [6.45, 7) is 1.97. The predicted octanol–water partition coefficient (Wildman–Crippen LogP) is 1.51. The zero-order chi connectivity index (χ0) is 13.9. The summed E-state index contributed by atoms with van der Waals surface area (Å²) in [7, 11) is -3.27. The van der Waals surface area contributed by atoms with E-state index in [-0.39, 0.29) is 18.4 Å². The van der Waals surface area contributed by atoms with Crippen molar-refractivity contribution < 1.29 is 12.8 Å². The summed E-state index contributed by atoms with van der Waals surface area (Å²) in [6, 6.07) is 6.32. The van der Waals surface area contributed by atoms with Gasteiger partial charge in [0.15, 0.2) is 0 Å². The van der Waals surface area contributed by atoms with Crippen molar-refractivity contribution in [2.75, 3.05) is 25.9 Å². The van der Waals surface area contributed by atoms with Gasteiger partial charge in [-0.3, -0.25) is 4.90 Å². The quantitative estimate of drug-likeness (QED) is 0.892. The van der Waals surface area contributed by atoms with Gasteiger partial charge in [0.1, 0.15) is 5.82 Å². The van der Waals surface area contributed by atoms with E-state index in [1.807, 2.05) is 0 Å². The lowest BCUT2D eigenvalue weighted by molar-refractivity contribution is 0.241. The average molecular weight is 286 g/mol. The van der Waals surface area contributed by atoms with Gasteiger partial charge in [-0.1, -0.05) is 18.2 Å². The standard InChI is InChI=1S/C13H19FN2O2S/c1-19(17,18)15-10-13(16-8-4-5-9-16)11-6-2-3-7-12(11)14/h2-3,6-7,13,15H,4-5,8-10H2,1H3. The number of likely N-dealkylation sites (tertiary alicyclic amines) is 1. The highest BCUT2D eigenvalue weighted by Gasteiger charge is 2.26. The molecule has 1 aromatic carbocycles. The number of nitrogens with one attached hydrogen (secondary N) is 1. The summed E-state index contributed by atoms with van der Waals surface area (Å²) in [5.74, 6) is -0.283. The molecule has 0 bridgehead atoms. The second kappa shape index (κ2) is 5.98. The van der Waals surface area contributed by atoms with E-state index < -0.39 is 10.0 Å². The number of benzene rings is 1. The molecule has 0 spiro atoms. The Morgan fingerprint density at radius 1 is 1.32 bits per heavy atom. The first-order valence-corrected chi connectivity index (χ1v) is 8.29. The molecule has 1 atom stereocenters. The minimum absolute atomic E-state index is 0.208. The molecule has 0 saturated carbocycles. The van der Waals surface area contributed by atoms with Crippen LogP contribution in [-0.2, 0) is 10.0 Å². The summed E-state index contributed by atoms with van der Waals surface area (Å²) in [5.41, 5.74) is 0.556. The van der Waals surface area contributed by atoms with Crippen molar-refractivity contribution in [3.8, 4) is 0 Å². The maximum Gasteiger partial charge on any atom is 0.208 e. The molecule has 2 rings (SSSR count). The lowest BCUT2D eigenvalue weighted by Crippen LogP contribution is -2.36.